The Bertz CT molecular complexity index is 534. The van der Waals surface area contributed by atoms with Crippen molar-refractivity contribution in [1.29, 1.82) is 0 Å². The SMILES string of the molecule is O=C(O)[C@H]1[C@@H](c2ccc(F)cc2)C[C@@H]2CC[C@H]1N2CCCF. The van der Waals surface area contributed by atoms with E-state index >= 15 is 0 Å². The van der Waals surface area contributed by atoms with E-state index in [9.17, 15) is 18.7 Å². The zero-order valence-electron chi connectivity index (χ0n) is 12.4. The van der Waals surface area contributed by atoms with Crippen molar-refractivity contribution >= 4 is 5.97 Å². The number of piperidine rings is 1. The van der Waals surface area contributed by atoms with Crippen molar-refractivity contribution in [3.63, 3.8) is 0 Å². The monoisotopic (exact) mass is 309 g/mol. The first-order valence-corrected chi connectivity index (χ1v) is 7.91. The fraction of sp³-hybridized carbons (Fsp3) is 0.588. The number of benzene rings is 1. The highest BCUT2D eigenvalue weighted by molar-refractivity contribution is 5.73. The first-order chi connectivity index (χ1) is 10.6. The molecule has 5 heteroatoms. The predicted octanol–water partition coefficient (Wildman–Crippen LogP) is 3.21. The molecule has 0 aromatic heterocycles. The van der Waals surface area contributed by atoms with Gasteiger partial charge in [0.1, 0.15) is 5.82 Å². The lowest BCUT2D eigenvalue weighted by molar-refractivity contribution is -0.146. The van der Waals surface area contributed by atoms with Crippen molar-refractivity contribution < 1.29 is 18.7 Å². The van der Waals surface area contributed by atoms with Gasteiger partial charge in [0.2, 0.25) is 0 Å². The highest BCUT2D eigenvalue weighted by Gasteiger charge is 2.50. The molecule has 0 aliphatic carbocycles. The summed E-state index contributed by atoms with van der Waals surface area (Å²) in [7, 11) is 0. The summed E-state index contributed by atoms with van der Waals surface area (Å²) in [6.07, 6.45) is 3.04. The van der Waals surface area contributed by atoms with Gasteiger partial charge in [0.05, 0.1) is 12.6 Å². The molecule has 1 N–H and O–H groups in total. The number of carbonyl (C=O) groups is 1. The maximum Gasteiger partial charge on any atom is 0.308 e. The number of carboxylic acid groups (broad SMARTS) is 1. The number of rotatable bonds is 5. The van der Waals surface area contributed by atoms with Crippen molar-refractivity contribution in [3.8, 4) is 0 Å². The van der Waals surface area contributed by atoms with Crippen molar-refractivity contribution in [3.05, 3.63) is 35.6 Å². The summed E-state index contributed by atoms with van der Waals surface area (Å²) in [5.74, 6) is -1.69. The minimum absolute atomic E-state index is 0.0298. The molecule has 2 fully saturated rings. The number of halogens is 2. The number of fused-ring (bicyclic) bond motifs is 2. The molecule has 0 saturated carbocycles. The van der Waals surface area contributed by atoms with Crippen LogP contribution in [0.15, 0.2) is 24.3 Å². The molecule has 1 aromatic rings. The molecule has 2 bridgehead atoms. The molecule has 4 atom stereocenters. The number of hydrogen-bond acceptors (Lipinski definition) is 2. The van der Waals surface area contributed by atoms with Gasteiger partial charge in [0.15, 0.2) is 0 Å². The molecular weight excluding hydrogens is 288 g/mol. The maximum absolute atomic E-state index is 13.1. The summed E-state index contributed by atoms with van der Waals surface area (Å²) in [4.78, 5) is 14.0. The molecule has 3 rings (SSSR count). The average molecular weight is 309 g/mol. The Hall–Kier alpha value is -1.49. The fourth-order valence-electron chi connectivity index (χ4n) is 4.29. The molecule has 0 spiro atoms. The summed E-state index contributed by atoms with van der Waals surface area (Å²) < 4.78 is 25.6. The zero-order valence-corrected chi connectivity index (χ0v) is 12.4. The smallest absolute Gasteiger partial charge is 0.308 e. The third kappa shape index (κ3) is 2.74. The number of alkyl halides is 1. The van der Waals surface area contributed by atoms with Gasteiger partial charge in [0, 0.05) is 24.5 Å². The van der Waals surface area contributed by atoms with Crippen LogP contribution in [0, 0.1) is 11.7 Å². The Morgan fingerprint density at radius 3 is 2.64 bits per heavy atom. The number of aliphatic carboxylic acids is 1. The van der Waals surface area contributed by atoms with Crippen molar-refractivity contribution in [2.45, 2.75) is 43.7 Å². The van der Waals surface area contributed by atoms with Gasteiger partial charge in [-0.3, -0.25) is 14.1 Å². The van der Waals surface area contributed by atoms with E-state index in [1.54, 1.807) is 12.1 Å². The second kappa shape index (κ2) is 6.32. The van der Waals surface area contributed by atoms with Crippen LogP contribution >= 0.6 is 0 Å². The molecular formula is C17H21F2NO2. The van der Waals surface area contributed by atoms with Gasteiger partial charge in [-0.15, -0.1) is 0 Å². The lowest BCUT2D eigenvalue weighted by Gasteiger charge is -2.43. The van der Waals surface area contributed by atoms with Crippen molar-refractivity contribution in [1.82, 2.24) is 4.90 Å². The van der Waals surface area contributed by atoms with Gasteiger partial charge in [-0.2, -0.15) is 0 Å². The van der Waals surface area contributed by atoms with Gasteiger partial charge in [-0.1, -0.05) is 12.1 Å². The minimum atomic E-state index is -0.801. The number of carboxylic acids is 1. The summed E-state index contributed by atoms with van der Waals surface area (Å²) in [5.41, 5.74) is 0.899. The second-order valence-corrected chi connectivity index (χ2v) is 6.34. The molecule has 0 amide bonds. The number of nitrogens with zero attached hydrogens (tertiary/aromatic N) is 1. The normalized spacial score (nSPS) is 31.4. The quantitative estimate of drug-likeness (QED) is 0.908. The van der Waals surface area contributed by atoms with E-state index in [0.717, 1.165) is 24.8 Å². The van der Waals surface area contributed by atoms with E-state index in [4.69, 9.17) is 0 Å². The van der Waals surface area contributed by atoms with Crippen LogP contribution in [0.2, 0.25) is 0 Å². The first-order valence-electron chi connectivity index (χ1n) is 7.91. The van der Waals surface area contributed by atoms with Gasteiger partial charge in [-0.25, -0.2) is 4.39 Å². The largest absolute Gasteiger partial charge is 0.481 e. The highest BCUT2D eigenvalue weighted by atomic mass is 19.1. The Labute approximate surface area is 128 Å². The highest BCUT2D eigenvalue weighted by Crippen LogP contribution is 2.47. The molecule has 0 radical (unpaired) electrons. The Kier molecular flexibility index (Phi) is 4.43. The van der Waals surface area contributed by atoms with E-state index in [2.05, 4.69) is 4.90 Å². The molecule has 3 nitrogen and oxygen atoms in total. The lowest BCUT2D eigenvalue weighted by atomic mass is 9.76. The van der Waals surface area contributed by atoms with Gasteiger partial charge >= 0.3 is 5.97 Å². The topological polar surface area (TPSA) is 40.5 Å². The predicted molar refractivity (Wildman–Crippen MR) is 79.0 cm³/mol. The summed E-state index contributed by atoms with van der Waals surface area (Å²) in [6.45, 7) is 0.265. The third-order valence-corrected chi connectivity index (χ3v) is 5.20. The van der Waals surface area contributed by atoms with Gasteiger partial charge in [0.25, 0.3) is 0 Å². The summed E-state index contributed by atoms with van der Waals surface area (Å²) in [6, 6.07) is 6.48. The Morgan fingerprint density at radius 2 is 2.00 bits per heavy atom. The van der Waals surface area contributed by atoms with Crippen LogP contribution in [0.3, 0.4) is 0 Å². The van der Waals surface area contributed by atoms with Gasteiger partial charge < -0.3 is 5.11 Å². The van der Waals surface area contributed by atoms with Crippen LogP contribution in [-0.2, 0) is 4.79 Å². The van der Waals surface area contributed by atoms with Crippen LogP contribution in [-0.4, -0.2) is 41.3 Å². The van der Waals surface area contributed by atoms with E-state index in [-0.39, 0.29) is 24.5 Å². The standard InChI is InChI=1S/C17H21F2NO2/c18-8-1-9-20-13-6-7-15(20)16(17(21)22)14(10-13)11-2-4-12(19)5-3-11/h2-5,13-16H,1,6-10H2,(H,21,22)/t13-,14+,15+,16-/m0/s1. The Morgan fingerprint density at radius 1 is 1.27 bits per heavy atom. The van der Waals surface area contributed by atoms with E-state index < -0.39 is 11.9 Å². The fourth-order valence-corrected chi connectivity index (χ4v) is 4.29. The van der Waals surface area contributed by atoms with Crippen molar-refractivity contribution in [2.24, 2.45) is 5.92 Å². The summed E-state index contributed by atoms with van der Waals surface area (Å²) in [5, 5.41) is 9.71. The zero-order chi connectivity index (χ0) is 15.7. The molecule has 22 heavy (non-hydrogen) atoms. The van der Waals surface area contributed by atoms with Crippen molar-refractivity contribution in [2.75, 3.05) is 13.2 Å². The molecule has 2 aliphatic rings. The van der Waals surface area contributed by atoms with Crippen LogP contribution in [0.1, 0.15) is 37.2 Å². The average Bonchev–Trinajstić information content (AvgIpc) is 2.76. The molecule has 2 heterocycles. The minimum Gasteiger partial charge on any atom is -0.481 e. The molecule has 2 aliphatic heterocycles. The van der Waals surface area contributed by atoms with Gasteiger partial charge in [-0.05, 0) is 43.4 Å². The van der Waals surface area contributed by atoms with E-state index in [1.807, 2.05) is 0 Å². The second-order valence-electron chi connectivity index (χ2n) is 6.34. The van der Waals surface area contributed by atoms with Crippen LogP contribution in [0.5, 0.6) is 0 Å². The maximum atomic E-state index is 13.1. The Balaban J connectivity index is 1.87. The molecule has 120 valence electrons. The molecule has 0 unspecified atom stereocenters. The number of hydrogen-bond donors (Lipinski definition) is 1. The van der Waals surface area contributed by atoms with Crippen LogP contribution in [0.25, 0.3) is 0 Å². The third-order valence-electron chi connectivity index (χ3n) is 5.20. The molecule has 1 aromatic carbocycles. The molecule has 2 saturated heterocycles. The first kappa shape index (κ1) is 15.4. The van der Waals surface area contributed by atoms with Crippen LogP contribution < -0.4 is 0 Å². The van der Waals surface area contributed by atoms with Crippen LogP contribution in [0.4, 0.5) is 8.78 Å². The summed E-state index contributed by atoms with van der Waals surface area (Å²) >= 11 is 0. The van der Waals surface area contributed by atoms with E-state index in [1.165, 1.54) is 12.1 Å². The lowest BCUT2D eigenvalue weighted by Crippen LogP contribution is -2.51. The van der Waals surface area contributed by atoms with E-state index in [0.29, 0.717) is 19.0 Å².